The molecule has 2 N–H and O–H groups in total. The minimum Gasteiger partial charge on any atom is -0.327 e. The molecular weight excluding hydrogens is 122 g/mol. The van der Waals surface area contributed by atoms with Gasteiger partial charge >= 0.3 is 0 Å². The van der Waals surface area contributed by atoms with Crippen molar-refractivity contribution in [3.63, 3.8) is 0 Å². The van der Waals surface area contributed by atoms with Gasteiger partial charge < -0.3 is 5.73 Å². The Kier molecular flexibility index (Phi) is 4.37. The van der Waals surface area contributed by atoms with Crippen molar-refractivity contribution in [3.8, 4) is 0 Å². The highest BCUT2D eigenvalue weighted by molar-refractivity contribution is 4.99. The zero-order valence-electron chi connectivity index (χ0n) is 7.35. The van der Waals surface area contributed by atoms with E-state index in [1.807, 2.05) is 0 Å². The van der Waals surface area contributed by atoms with Crippen LogP contribution in [0.5, 0.6) is 0 Å². The first kappa shape index (κ1) is 9.70. The van der Waals surface area contributed by atoms with Gasteiger partial charge in [0.25, 0.3) is 0 Å². The van der Waals surface area contributed by atoms with Gasteiger partial charge in [0.1, 0.15) is 0 Å². The van der Waals surface area contributed by atoms with Crippen LogP contribution in [0.4, 0.5) is 0 Å². The van der Waals surface area contributed by atoms with Crippen molar-refractivity contribution in [1.29, 1.82) is 0 Å². The Labute approximate surface area is 64.3 Å². The Balaban J connectivity index is 3.85. The Morgan fingerprint density at radius 2 is 2.10 bits per heavy atom. The second kappa shape index (κ2) is 4.51. The third kappa shape index (κ3) is 3.02. The Morgan fingerprint density at radius 3 is 2.20 bits per heavy atom. The molecule has 0 saturated carbocycles. The van der Waals surface area contributed by atoms with Crippen LogP contribution in [0.2, 0.25) is 0 Å². The van der Waals surface area contributed by atoms with Crippen LogP contribution in [0.25, 0.3) is 0 Å². The summed E-state index contributed by atoms with van der Waals surface area (Å²) < 4.78 is 0. The average molecular weight is 141 g/mol. The molecule has 0 aromatic rings. The molecule has 0 radical (unpaired) electrons. The highest BCUT2D eigenvalue weighted by Crippen LogP contribution is 2.17. The second-order valence-electron chi connectivity index (χ2n) is 3.10. The zero-order chi connectivity index (χ0) is 8.15. The molecule has 2 atom stereocenters. The minimum absolute atomic E-state index is 0.262. The molecular formula is C9H19N. The molecule has 0 amide bonds. The summed E-state index contributed by atoms with van der Waals surface area (Å²) in [6, 6.07) is 0.262. The van der Waals surface area contributed by atoms with Gasteiger partial charge in [0.2, 0.25) is 0 Å². The molecule has 0 fully saturated rings. The van der Waals surface area contributed by atoms with Gasteiger partial charge in [0, 0.05) is 6.04 Å². The first-order valence-corrected chi connectivity index (χ1v) is 4.00. The maximum absolute atomic E-state index is 5.76. The summed E-state index contributed by atoms with van der Waals surface area (Å²) in [6.07, 6.45) is 2.37. The first-order chi connectivity index (χ1) is 4.59. The van der Waals surface area contributed by atoms with E-state index in [1.165, 1.54) is 18.4 Å². The van der Waals surface area contributed by atoms with E-state index in [2.05, 4.69) is 27.4 Å². The maximum Gasteiger partial charge on any atom is 0.00758 e. The Hall–Kier alpha value is -0.300. The summed E-state index contributed by atoms with van der Waals surface area (Å²) in [6.45, 7) is 10.2. The van der Waals surface area contributed by atoms with E-state index < -0.39 is 0 Å². The summed E-state index contributed by atoms with van der Waals surface area (Å²) in [5.74, 6) is 0.519. The lowest BCUT2D eigenvalue weighted by Crippen LogP contribution is -2.26. The van der Waals surface area contributed by atoms with Crippen LogP contribution < -0.4 is 5.73 Å². The summed E-state index contributed by atoms with van der Waals surface area (Å²) >= 11 is 0. The van der Waals surface area contributed by atoms with Crippen LogP contribution in [-0.4, -0.2) is 6.04 Å². The molecule has 0 aliphatic heterocycles. The van der Waals surface area contributed by atoms with Crippen molar-refractivity contribution < 1.29 is 0 Å². The third-order valence-electron chi connectivity index (χ3n) is 1.87. The van der Waals surface area contributed by atoms with Gasteiger partial charge in [-0.2, -0.15) is 0 Å². The number of hydrogen-bond acceptors (Lipinski definition) is 1. The topological polar surface area (TPSA) is 26.0 Å². The maximum atomic E-state index is 5.76. The molecule has 0 aliphatic rings. The van der Waals surface area contributed by atoms with E-state index in [1.54, 1.807) is 0 Å². The summed E-state index contributed by atoms with van der Waals surface area (Å²) in [5, 5.41) is 0. The normalized spacial score (nSPS) is 16.4. The molecule has 0 rings (SSSR count). The highest BCUT2D eigenvalue weighted by atomic mass is 14.6. The molecule has 0 spiro atoms. The van der Waals surface area contributed by atoms with Crippen LogP contribution >= 0.6 is 0 Å². The lowest BCUT2D eigenvalue weighted by atomic mass is 9.91. The van der Waals surface area contributed by atoms with Crippen molar-refractivity contribution in [2.45, 2.75) is 39.7 Å². The summed E-state index contributed by atoms with van der Waals surface area (Å²) in [5.41, 5.74) is 6.98. The Bertz CT molecular complexity index is 105. The predicted molar refractivity (Wildman–Crippen MR) is 46.9 cm³/mol. The molecule has 0 aromatic carbocycles. The van der Waals surface area contributed by atoms with Crippen LogP contribution in [0.3, 0.4) is 0 Å². The quantitative estimate of drug-likeness (QED) is 0.597. The van der Waals surface area contributed by atoms with Gasteiger partial charge in [-0.05, 0) is 26.2 Å². The van der Waals surface area contributed by atoms with E-state index in [0.29, 0.717) is 5.92 Å². The van der Waals surface area contributed by atoms with E-state index in [-0.39, 0.29) is 6.04 Å². The molecule has 1 nitrogen and oxygen atoms in total. The van der Waals surface area contributed by atoms with Gasteiger partial charge in [-0.15, -0.1) is 0 Å². The molecule has 0 saturated heterocycles. The smallest absolute Gasteiger partial charge is 0.00758 e. The van der Waals surface area contributed by atoms with E-state index in [4.69, 9.17) is 5.73 Å². The van der Waals surface area contributed by atoms with Crippen molar-refractivity contribution in [2.24, 2.45) is 11.7 Å². The van der Waals surface area contributed by atoms with Gasteiger partial charge in [-0.25, -0.2) is 0 Å². The molecule has 0 bridgehead atoms. The van der Waals surface area contributed by atoms with Crippen LogP contribution in [0.1, 0.15) is 33.6 Å². The molecule has 1 heteroatoms. The lowest BCUT2D eigenvalue weighted by Gasteiger charge is -2.19. The first-order valence-electron chi connectivity index (χ1n) is 4.00. The fraction of sp³-hybridized carbons (Fsp3) is 0.778. The summed E-state index contributed by atoms with van der Waals surface area (Å²) in [4.78, 5) is 0. The van der Waals surface area contributed by atoms with E-state index in [0.717, 1.165) is 0 Å². The fourth-order valence-electron chi connectivity index (χ4n) is 1.27. The molecule has 0 heterocycles. The van der Waals surface area contributed by atoms with Gasteiger partial charge in [0.15, 0.2) is 0 Å². The number of hydrogen-bond donors (Lipinski definition) is 1. The van der Waals surface area contributed by atoms with Gasteiger partial charge in [-0.1, -0.05) is 25.5 Å². The SMILES string of the molecule is C=C(C)C(CCC)C(C)N. The van der Waals surface area contributed by atoms with E-state index in [9.17, 15) is 0 Å². The number of nitrogens with two attached hydrogens (primary N) is 1. The van der Waals surface area contributed by atoms with Crippen molar-refractivity contribution in [2.75, 3.05) is 0 Å². The molecule has 10 heavy (non-hydrogen) atoms. The monoisotopic (exact) mass is 141 g/mol. The largest absolute Gasteiger partial charge is 0.327 e. The van der Waals surface area contributed by atoms with Crippen molar-refractivity contribution in [3.05, 3.63) is 12.2 Å². The van der Waals surface area contributed by atoms with Crippen molar-refractivity contribution in [1.82, 2.24) is 0 Å². The standard InChI is InChI=1S/C9H19N/c1-5-6-9(7(2)3)8(4)10/h8-9H,2,5-6,10H2,1,3-4H3. The predicted octanol–water partition coefficient (Wildman–Crippen LogP) is 2.33. The zero-order valence-corrected chi connectivity index (χ0v) is 7.35. The Morgan fingerprint density at radius 1 is 1.60 bits per heavy atom. The van der Waals surface area contributed by atoms with Crippen LogP contribution in [0, 0.1) is 5.92 Å². The molecule has 0 aromatic heterocycles. The van der Waals surface area contributed by atoms with Crippen molar-refractivity contribution >= 4 is 0 Å². The van der Waals surface area contributed by atoms with Crippen LogP contribution in [-0.2, 0) is 0 Å². The highest BCUT2D eigenvalue weighted by Gasteiger charge is 2.12. The summed E-state index contributed by atoms with van der Waals surface area (Å²) in [7, 11) is 0. The molecule has 0 aliphatic carbocycles. The third-order valence-corrected chi connectivity index (χ3v) is 1.87. The fourth-order valence-corrected chi connectivity index (χ4v) is 1.27. The van der Waals surface area contributed by atoms with Gasteiger partial charge in [-0.3, -0.25) is 0 Å². The molecule has 60 valence electrons. The lowest BCUT2D eigenvalue weighted by molar-refractivity contribution is 0.470. The average Bonchev–Trinajstić information content (AvgIpc) is 1.81. The van der Waals surface area contributed by atoms with Gasteiger partial charge in [0.05, 0.1) is 0 Å². The molecule has 2 unspecified atom stereocenters. The second-order valence-corrected chi connectivity index (χ2v) is 3.10. The van der Waals surface area contributed by atoms with Crippen LogP contribution in [0.15, 0.2) is 12.2 Å². The minimum atomic E-state index is 0.262. The number of rotatable bonds is 4. The van der Waals surface area contributed by atoms with E-state index >= 15 is 0 Å².